The zero-order valence-corrected chi connectivity index (χ0v) is 10.7. The van der Waals surface area contributed by atoms with Crippen LogP contribution in [0.5, 0.6) is 0 Å². The fourth-order valence-electron chi connectivity index (χ4n) is 0.990. The molecule has 0 aromatic carbocycles. The van der Waals surface area contributed by atoms with E-state index in [1.54, 1.807) is 20.2 Å². The van der Waals surface area contributed by atoms with Gasteiger partial charge in [-0.3, -0.25) is 0 Å². The lowest BCUT2D eigenvalue weighted by molar-refractivity contribution is 0.147. The second kappa shape index (κ2) is 5.42. The molecule has 0 saturated carbocycles. The van der Waals surface area contributed by atoms with Gasteiger partial charge in [0.2, 0.25) is 5.95 Å². The van der Waals surface area contributed by atoms with Gasteiger partial charge in [0.15, 0.2) is 0 Å². The molecule has 0 atom stereocenters. The van der Waals surface area contributed by atoms with E-state index in [0.29, 0.717) is 16.2 Å². The van der Waals surface area contributed by atoms with Crippen molar-refractivity contribution in [2.24, 2.45) is 0 Å². The number of nitrogens with zero attached hydrogens (tertiary/aromatic N) is 2. The number of aromatic nitrogens is 2. The Hall–Kier alpha value is -0.920. The quantitative estimate of drug-likeness (QED) is 0.629. The fourth-order valence-corrected chi connectivity index (χ4v) is 1.28. The van der Waals surface area contributed by atoms with Crippen LogP contribution in [0, 0.1) is 0 Å². The van der Waals surface area contributed by atoms with Crippen molar-refractivity contribution in [2.45, 2.75) is 12.5 Å². The molecule has 0 aliphatic heterocycles. The number of nitrogens with one attached hydrogen (secondary N) is 2. The van der Waals surface area contributed by atoms with E-state index < -0.39 is 5.54 Å². The van der Waals surface area contributed by atoms with Crippen LogP contribution in [0.25, 0.3) is 0 Å². The van der Waals surface area contributed by atoms with E-state index >= 15 is 0 Å². The third-order valence-corrected chi connectivity index (χ3v) is 2.67. The molecule has 0 fully saturated rings. The van der Waals surface area contributed by atoms with Gasteiger partial charge in [-0.2, -0.15) is 4.98 Å². The molecule has 90 valence electrons. The van der Waals surface area contributed by atoms with Gasteiger partial charge in [-0.05, 0) is 22.9 Å². The van der Waals surface area contributed by atoms with Gasteiger partial charge in [-0.15, -0.1) is 0 Å². The second-order valence-corrected chi connectivity index (χ2v) is 4.50. The van der Waals surface area contributed by atoms with Crippen molar-refractivity contribution >= 4 is 27.7 Å². The molecule has 0 amide bonds. The molecule has 4 N–H and O–H groups in total. The van der Waals surface area contributed by atoms with Crippen molar-refractivity contribution in [3.63, 3.8) is 0 Å². The Morgan fingerprint density at radius 2 is 2.06 bits per heavy atom. The largest absolute Gasteiger partial charge is 0.394 e. The molecule has 7 heteroatoms. The van der Waals surface area contributed by atoms with E-state index in [1.807, 2.05) is 0 Å². The lowest BCUT2D eigenvalue weighted by Gasteiger charge is -2.27. The average Bonchev–Trinajstić information content (AvgIpc) is 2.32. The van der Waals surface area contributed by atoms with E-state index in [1.165, 1.54) is 0 Å². The van der Waals surface area contributed by atoms with Crippen LogP contribution in [0.3, 0.4) is 0 Å². The van der Waals surface area contributed by atoms with Crippen molar-refractivity contribution in [3.05, 3.63) is 10.7 Å². The maximum Gasteiger partial charge on any atom is 0.224 e. The smallest absolute Gasteiger partial charge is 0.224 e. The van der Waals surface area contributed by atoms with Crippen LogP contribution < -0.4 is 10.6 Å². The molecule has 0 radical (unpaired) electrons. The molecule has 0 saturated heterocycles. The summed E-state index contributed by atoms with van der Waals surface area (Å²) in [5.74, 6) is 0.980. The second-order valence-electron chi connectivity index (χ2n) is 3.64. The minimum Gasteiger partial charge on any atom is -0.394 e. The maximum atomic E-state index is 9.17. The monoisotopic (exact) mass is 290 g/mol. The van der Waals surface area contributed by atoms with E-state index in [-0.39, 0.29) is 13.2 Å². The first-order valence-electron chi connectivity index (χ1n) is 4.75. The third-order valence-electron chi connectivity index (χ3n) is 2.09. The number of aliphatic hydroxyl groups excluding tert-OH is 2. The third kappa shape index (κ3) is 3.03. The van der Waals surface area contributed by atoms with Gasteiger partial charge in [-0.1, -0.05) is 0 Å². The fraction of sp³-hybridized carbons (Fsp3) is 0.556. The molecular formula is C9H15BrN4O2. The number of aliphatic hydroxyl groups is 2. The number of hydrogen-bond donors (Lipinski definition) is 4. The van der Waals surface area contributed by atoms with Crippen LogP contribution >= 0.6 is 15.9 Å². The SMILES string of the molecule is CNc1ncc(Br)c(NC(C)(CO)CO)n1. The molecule has 6 nitrogen and oxygen atoms in total. The van der Waals surface area contributed by atoms with Crippen LogP contribution in [-0.4, -0.2) is 46.0 Å². The van der Waals surface area contributed by atoms with Gasteiger partial charge in [-0.25, -0.2) is 4.98 Å². The maximum absolute atomic E-state index is 9.17. The van der Waals surface area contributed by atoms with Crippen LogP contribution in [0.15, 0.2) is 10.7 Å². The summed E-state index contributed by atoms with van der Waals surface area (Å²) in [4.78, 5) is 8.17. The molecule has 0 aliphatic rings. The predicted octanol–water partition coefficient (Wildman–Crippen LogP) is 0.436. The first-order chi connectivity index (χ1) is 7.54. The van der Waals surface area contributed by atoms with E-state index in [9.17, 15) is 0 Å². The molecule has 1 aromatic rings. The highest BCUT2D eigenvalue weighted by molar-refractivity contribution is 9.10. The molecule has 1 rings (SSSR count). The molecule has 0 aliphatic carbocycles. The van der Waals surface area contributed by atoms with Gasteiger partial charge in [0.1, 0.15) is 5.82 Å². The van der Waals surface area contributed by atoms with Crippen LogP contribution in [0.2, 0.25) is 0 Å². The highest BCUT2D eigenvalue weighted by Gasteiger charge is 2.23. The summed E-state index contributed by atoms with van der Waals surface area (Å²) in [6.07, 6.45) is 1.59. The summed E-state index contributed by atoms with van der Waals surface area (Å²) in [6.45, 7) is 1.30. The molecule has 0 unspecified atom stereocenters. The molecule has 16 heavy (non-hydrogen) atoms. The number of halogens is 1. The van der Waals surface area contributed by atoms with Crippen molar-refractivity contribution in [2.75, 3.05) is 30.9 Å². The Balaban J connectivity index is 2.95. The van der Waals surface area contributed by atoms with Gasteiger partial charge >= 0.3 is 0 Å². The summed E-state index contributed by atoms with van der Waals surface area (Å²) >= 11 is 3.29. The molecule has 0 bridgehead atoms. The Morgan fingerprint density at radius 1 is 1.44 bits per heavy atom. The zero-order chi connectivity index (χ0) is 12.2. The predicted molar refractivity (Wildman–Crippen MR) is 65.5 cm³/mol. The van der Waals surface area contributed by atoms with Crippen molar-refractivity contribution in [1.29, 1.82) is 0 Å². The number of rotatable bonds is 5. The van der Waals surface area contributed by atoms with Crippen molar-refractivity contribution in [3.8, 4) is 0 Å². The van der Waals surface area contributed by atoms with Crippen molar-refractivity contribution in [1.82, 2.24) is 9.97 Å². The van der Waals surface area contributed by atoms with E-state index in [0.717, 1.165) is 0 Å². The minimum absolute atomic E-state index is 0.200. The topological polar surface area (TPSA) is 90.3 Å². The average molecular weight is 291 g/mol. The summed E-state index contributed by atoms with van der Waals surface area (Å²) in [5.41, 5.74) is -0.818. The summed E-state index contributed by atoms with van der Waals surface area (Å²) in [6, 6.07) is 0. The number of anilines is 2. The first kappa shape index (κ1) is 13.1. The summed E-state index contributed by atoms with van der Waals surface area (Å²) < 4.78 is 0.666. The normalized spacial score (nSPS) is 11.3. The molecule has 1 heterocycles. The Bertz CT molecular complexity index is 357. The zero-order valence-electron chi connectivity index (χ0n) is 9.16. The minimum atomic E-state index is -0.818. The Labute approximate surface area is 102 Å². The standard InChI is InChI=1S/C9H15BrN4O2/c1-9(4-15,5-16)14-7-6(10)3-12-8(11-2)13-7/h3,15-16H,4-5H2,1-2H3,(H2,11,12,13,14). The van der Waals surface area contributed by atoms with Crippen LogP contribution in [-0.2, 0) is 0 Å². The van der Waals surface area contributed by atoms with Gasteiger partial charge in [0.05, 0.1) is 23.2 Å². The Morgan fingerprint density at radius 3 is 2.56 bits per heavy atom. The van der Waals surface area contributed by atoms with Gasteiger partial charge < -0.3 is 20.8 Å². The van der Waals surface area contributed by atoms with Crippen LogP contribution in [0.1, 0.15) is 6.92 Å². The Kier molecular flexibility index (Phi) is 4.45. The highest BCUT2D eigenvalue weighted by Crippen LogP contribution is 2.23. The molecule has 0 spiro atoms. The van der Waals surface area contributed by atoms with Crippen molar-refractivity contribution < 1.29 is 10.2 Å². The first-order valence-corrected chi connectivity index (χ1v) is 5.54. The van der Waals surface area contributed by atoms with Gasteiger partial charge in [0, 0.05) is 13.2 Å². The lowest BCUT2D eigenvalue weighted by atomic mass is 10.1. The summed E-state index contributed by atoms with van der Waals surface area (Å²) in [7, 11) is 1.71. The highest BCUT2D eigenvalue weighted by atomic mass is 79.9. The summed E-state index contributed by atoms with van der Waals surface area (Å²) in [5, 5.41) is 24.1. The van der Waals surface area contributed by atoms with E-state index in [4.69, 9.17) is 10.2 Å². The van der Waals surface area contributed by atoms with Crippen LogP contribution in [0.4, 0.5) is 11.8 Å². The van der Waals surface area contributed by atoms with Gasteiger partial charge in [0.25, 0.3) is 0 Å². The van der Waals surface area contributed by atoms with E-state index in [2.05, 4.69) is 36.5 Å². The number of hydrogen-bond acceptors (Lipinski definition) is 6. The lowest BCUT2D eigenvalue weighted by Crippen LogP contribution is -2.43. The molecule has 1 aromatic heterocycles. The molecular weight excluding hydrogens is 276 g/mol.